The number of carbonyl (C=O) groups is 3. The summed E-state index contributed by atoms with van der Waals surface area (Å²) in [4.78, 5) is 42.4. The third-order valence-corrected chi connectivity index (χ3v) is 8.22. The van der Waals surface area contributed by atoms with Crippen LogP contribution in [-0.4, -0.2) is 37.1 Å². The number of nitrogens with zero attached hydrogens (tertiary/aromatic N) is 1. The first kappa shape index (κ1) is 33.6. The van der Waals surface area contributed by atoms with Gasteiger partial charge in [-0.2, -0.15) is 0 Å². The summed E-state index contributed by atoms with van der Waals surface area (Å²) in [6, 6.07) is 40.3. The van der Waals surface area contributed by atoms with Crippen LogP contribution in [0.15, 0.2) is 144 Å². The molecule has 0 aliphatic carbocycles. The maximum absolute atomic E-state index is 13.5. The van der Waals surface area contributed by atoms with E-state index in [0.29, 0.717) is 22.7 Å². The molecule has 0 saturated carbocycles. The molecule has 0 heterocycles. The smallest absolute Gasteiger partial charge is 0.272 e. The molecule has 5 aromatic rings. The van der Waals surface area contributed by atoms with Crippen LogP contribution in [-0.2, 0) is 9.59 Å². The van der Waals surface area contributed by atoms with Gasteiger partial charge >= 0.3 is 0 Å². The lowest BCUT2D eigenvalue weighted by atomic mass is 10.1. The zero-order valence-electron chi connectivity index (χ0n) is 26.8. The third-order valence-electron chi connectivity index (χ3n) is 7.12. The lowest BCUT2D eigenvalue weighted by molar-refractivity contribution is -0.115. The minimum Gasteiger partial charge on any atom is -0.457 e. The number of carbonyl (C=O) groups excluding carboxylic acids is 3. The lowest BCUT2D eigenvalue weighted by Crippen LogP contribution is -2.30. The monoisotopic (exact) mass is 656 g/mol. The molecule has 48 heavy (non-hydrogen) atoms. The van der Waals surface area contributed by atoms with Gasteiger partial charge in [-0.05, 0) is 97.4 Å². The van der Waals surface area contributed by atoms with Gasteiger partial charge in [0, 0.05) is 41.6 Å². The van der Waals surface area contributed by atoms with Crippen LogP contribution < -0.4 is 25.6 Å². The van der Waals surface area contributed by atoms with Gasteiger partial charge in [0.15, 0.2) is 0 Å². The lowest BCUT2D eigenvalue weighted by Gasteiger charge is -2.15. The van der Waals surface area contributed by atoms with Crippen LogP contribution in [0.3, 0.4) is 0 Å². The Hall–Kier alpha value is -5.80. The van der Waals surface area contributed by atoms with E-state index in [-0.39, 0.29) is 11.6 Å². The maximum Gasteiger partial charge on any atom is 0.272 e. The molecule has 0 aliphatic rings. The molecule has 8 nitrogen and oxygen atoms in total. The molecule has 5 aromatic carbocycles. The number of amides is 3. The Bertz CT molecular complexity index is 1880. The highest BCUT2D eigenvalue weighted by Crippen LogP contribution is 2.28. The van der Waals surface area contributed by atoms with E-state index >= 15 is 0 Å². The first-order valence-electron chi connectivity index (χ1n) is 15.3. The Kier molecular flexibility index (Phi) is 11.3. The van der Waals surface area contributed by atoms with E-state index in [1.165, 1.54) is 11.8 Å². The van der Waals surface area contributed by atoms with Gasteiger partial charge in [-0.25, -0.2) is 0 Å². The molecule has 0 bridgehead atoms. The van der Waals surface area contributed by atoms with Gasteiger partial charge in [0.1, 0.15) is 17.2 Å². The predicted molar refractivity (Wildman–Crippen MR) is 195 cm³/mol. The average molecular weight is 657 g/mol. The predicted octanol–water partition coefficient (Wildman–Crippen LogP) is 8.07. The quantitative estimate of drug-likeness (QED) is 0.0928. The van der Waals surface area contributed by atoms with E-state index in [4.69, 9.17) is 4.74 Å². The van der Waals surface area contributed by atoms with Crippen molar-refractivity contribution < 1.29 is 19.1 Å². The fourth-order valence-corrected chi connectivity index (χ4v) is 5.48. The summed E-state index contributed by atoms with van der Waals surface area (Å²) in [7, 11) is 3.90. The van der Waals surface area contributed by atoms with Crippen molar-refractivity contribution in [3.05, 3.63) is 150 Å². The molecular weight excluding hydrogens is 621 g/mol. The molecule has 3 N–H and O–H groups in total. The first-order chi connectivity index (χ1) is 23.2. The van der Waals surface area contributed by atoms with E-state index in [1.54, 1.807) is 72.8 Å². The normalized spacial score (nSPS) is 11.6. The van der Waals surface area contributed by atoms with Crippen LogP contribution in [0.4, 0.5) is 17.1 Å². The van der Waals surface area contributed by atoms with Gasteiger partial charge in [0.25, 0.3) is 11.8 Å². The molecular formula is C39H36N4O4S. The standard InChI is InChI=1S/C39H36N4O4S/c1-27(37(44)40-30-19-23-34(24-20-30)47-33-14-8-5-9-15-33)48-35-16-10-13-31(26-35)41-39(46)36(42-38(45)29-11-6-4-7-12-29)25-28-17-21-32(22-18-28)43(2)3/h4-27H,1-3H3,(H,40,44)(H,41,46)(H,42,45)/b36-25+. The fourth-order valence-electron chi connectivity index (χ4n) is 4.56. The highest BCUT2D eigenvalue weighted by molar-refractivity contribution is 8.00. The molecule has 0 aromatic heterocycles. The van der Waals surface area contributed by atoms with E-state index in [9.17, 15) is 14.4 Å². The molecule has 0 fully saturated rings. The number of anilines is 3. The summed E-state index contributed by atoms with van der Waals surface area (Å²) in [5.41, 5.74) is 3.46. The molecule has 3 amide bonds. The van der Waals surface area contributed by atoms with Crippen molar-refractivity contribution in [2.75, 3.05) is 29.6 Å². The van der Waals surface area contributed by atoms with Crippen LogP contribution in [0.2, 0.25) is 0 Å². The summed E-state index contributed by atoms with van der Waals surface area (Å²) in [5, 5.41) is 8.19. The minimum atomic E-state index is -0.483. The van der Waals surface area contributed by atoms with E-state index in [1.807, 2.05) is 92.6 Å². The van der Waals surface area contributed by atoms with Gasteiger partial charge in [-0.3, -0.25) is 14.4 Å². The number of hydrogen-bond acceptors (Lipinski definition) is 6. The molecule has 242 valence electrons. The second-order valence-corrected chi connectivity index (χ2v) is 12.4. The van der Waals surface area contributed by atoms with Crippen molar-refractivity contribution in [2.24, 2.45) is 0 Å². The number of benzene rings is 5. The van der Waals surface area contributed by atoms with Gasteiger partial charge in [-0.1, -0.05) is 54.6 Å². The molecule has 0 radical (unpaired) electrons. The highest BCUT2D eigenvalue weighted by Gasteiger charge is 2.18. The minimum absolute atomic E-state index is 0.0902. The van der Waals surface area contributed by atoms with Crippen LogP contribution in [0, 0.1) is 0 Å². The van der Waals surface area contributed by atoms with Crippen molar-refractivity contribution in [2.45, 2.75) is 17.1 Å². The summed E-state index contributed by atoms with van der Waals surface area (Å²) in [6.45, 7) is 1.82. The number of ether oxygens (including phenoxy) is 1. The summed E-state index contributed by atoms with van der Waals surface area (Å²) < 4.78 is 5.83. The molecule has 1 unspecified atom stereocenters. The summed E-state index contributed by atoms with van der Waals surface area (Å²) in [6.07, 6.45) is 1.64. The zero-order valence-corrected chi connectivity index (χ0v) is 27.7. The Morgan fingerprint density at radius 3 is 2.02 bits per heavy atom. The fraction of sp³-hybridized carbons (Fsp3) is 0.103. The van der Waals surface area contributed by atoms with E-state index in [2.05, 4.69) is 16.0 Å². The Morgan fingerprint density at radius 1 is 0.708 bits per heavy atom. The number of rotatable bonds is 12. The van der Waals surface area contributed by atoms with Gasteiger partial charge in [0.05, 0.1) is 5.25 Å². The Labute approximate surface area is 284 Å². The largest absolute Gasteiger partial charge is 0.457 e. The van der Waals surface area contributed by atoms with Gasteiger partial charge in [0.2, 0.25) is 5.91 Å². The number of nitrogens with one attached hydrogen (secondary N) is 3. The van der Waals surface area contributed by atoms with Crippen LogP contribution in [0.1, 0.15) is 22.8 Å². The van der Waals surface area contributed by atoms with Gasteiger partial charge < -0.3 is 25.6 Å². The first-order valence-corrected chi connectivity index (χ1v) is 16.2. The topological polar surface area (TPSA) is 99.8 Å². The highest BCUT2D eigenvalue weighted by atomic mass is 32.2. The van der Waals surface area contributed by atoms with Crippen LogP contribution in [0.25, 0.3) is 6.08 Å². The Balaban J connectivity index is 1.23. The Morgan fingerprint density at radius 2 is 1.35 bits per heavy atom. The molecule has 1 atom stereocenters. The third kappa shape index (κ3) is 9.60. The molecule has 0 aliphatic heterocycles. The summed E-state index contributed by atoms with van der Waals surface area (Å²) >= 11 is 1.36. The van der Waals surface area contributed by atoms with Gasteiger partial charge in [-0.15, -0.1) is 11.8 Å². The number of thioether (sulfide) groups is 1. The van der Waals surface area contributed by atoms with Crippen molar-refractivity contribution in [1.82, 2.24) is 5.32 Å². The molecule has 0 spiro atoms. The molecule has 0 saturated heterocycles. The van der Waals surface area contributed by atoms with E-state index in [0.717, 1.165) is 21.9 Å². The van der Waals surface area contributed by atoms with Crippen molar-refractivity contribution >= 4 is 52.6 Å². The van der Waals surface area contributed by atoms with Crippen molar-refractivity contribution in [3.63, 3.8) is 0 Å². The molecule has 9 heteroatoms. The number of para-hydroxylation sites is 1. The van der Waals surface area contributed by atoms with E-state index < -0.39 is 17.1 Å². The second kappa shape index (κ2) is 16.2. The number of hydrogen-bond donors (Lipinski definition) is 3. The SMILES string of the molecule is CC(Sc1cccc(NC(=O)/C(=C\c2ccc(N(C)C)cc2)NC(=O)c2ccccc2)c1)C(=O)Nc1ccc(Oc2ccccc2)cc1. The van der Waals surface area contributed by atoms with Crippen LogP contribution >= 0.6 is 11.8 Å². The van der Waals surface area contributed by atoms with Crippen LogP contribution in [0.5, 0.6) is 11.5 Å². The van der Waals surface area contributed by atoms with Crippen molar-refractivity contribution in [3.8, 4) is 11.5 Å². The second-order valence-electron chi connectivity index (χ2n) is 11.0. The summed E-state index contributed by atoms with van der Waals surface area (Å²) in [5.74, 6) is 0.352. The zero-order chi connectivity index (χ0) is 33.9. The average Bonchev–Trinajstić information content (AvgIpc) is 3.10. The van der Waals surface area contributed by atoms with Crippen molar-refractivity contribution in [1.29, 1.82) is 0 Å². The maximum atomic E-state index is 13.5. The molecule has 5 rings (SSSR count).